The fraction of sp³-hybridized carbons (Fsp3) is 0.238. The Kier molecular flexibility index (Phi) is 9.14. The van der Waals surface area contributed by atoms with Gasteiger partial charge < -0.3 is 14.4 Å². The third kappa shape index (κ3) is 7.65. The van der Waals surface area contributed by atoms with Crippen molar-refractivity contribution in [2.45, 2.75) is 11.5 Å². The first-order valence-electron chi connectivity index (χ1n) is 9.15. The zero-order chi connectivity index (χ0) is 23.7. The predicted octanol–water partition coefficient (Wildman–Crippen LogP) is 2.58. The number of nitrogens with one attached hydrogen (secondary N) is 1. The van der Waals surface area contributed by atoms with Crippen LogP contribution >= 0.6 is 11.8 Å². The Balaban J connectivity index is 1.89. The van der Waals surface area contributed by atoms with Crippen molar-refractivity contribution >= 4 is 35.5 Å². The largest absolute Gasteiger partial charge is 0.452 e. The minimum absolute atomic E-state index is 0.0265. The molecule has 0 aliphatic rings. The monoisotopic (exact) mass is 466 g/mol. The second-order valence-electron chi connectivity index (χ2n) is 6.43. The third-order valence-electron chi connectivity index (χ3n) is 3.89. The minimum atomic E-state index is -3.00. The highest BCUT2D eigenvalue weighted by Gasteiger charge is 2.17. The number of carbonyl (C=O) groups is 4. The maximum absolute atomic E-state index is 12.4. The molecule has 0 saturated heterocycles. The maximum Gasteiger partial charge on any atom is 0.387 e. The van der Waals surface area contributed by atoms with Crippen LogP contribution < -0.4 is 10.1 Å². The second kappa shape index (κ2) is 11.8. The smallest absolute Gasteiger partial charge is 0.387 e. The van der Waals surface area contributed by atoms with E-state index in [9.17, 15) is 28.0 Å². The molecular formula is C21H20F2N2O6S. The van der Waals surface area contributed by atoms with E-state index in [1.54, 1.807) is 32.3 Å². The first-order valence-corrected chi connectivity index (χ1v) is 10.1. The number of thioether (sulfide) groups is 1. The molecule has 2 aromatic rings. The third-order valence-corrected chi connectivity index (χ3v) is 4.94. The summed E-state index contributed by atoms with van der Waals surface area (Å²) in [6.07, 6.45) is 0. The number of benzene rings is 2. The summed E-state index contributed by atoms with van der Waals surface area (Å²) in [6, 6.07) is 11.2. The van der Waals surface area contributed by atoms with Gasteiger partial charge in [-0.3, -0.25) is 19.7 Å². The number of ether oxygens (including phenoxy) is 2. The molecule has 1 N–H and O–H groups in total. The molecule has 3 amide bonds. The van der Waals surface area contributed by atoms with Gasteiger partial charge in [0, 0.05) is 24.6 Å². The molecule has 0 atom stereocenters. The van der Waals surface area contributed by atoms with Crippen LogP contribution in [0.5, 0.6) is 5.75 Å². The Morgan fingerprint density at radius 3 is 2.31 bits per heavy atom. The quantitative estimate of drug-likeness (QED) is 0.448. The van der Waals surface area contributed by atoms with Gasteiger partial charge in [-0.1, -0.05) is 12.1 Å². The lowest BCUT2D eigenvalue weighted by molar-refractivity contribution is -0.126. The lowest BCUT2D eigenvalue weighted by Gasteiger charge is -2.12. The Hall–Kier alpha value is -3.47. The molecule has 0 saturated carbocycles. The normalized spacial score (nSPS) is 10.4. The van der Waals surface area contributed by atoms with Crippen molar-refractivity contribution in [2.75, 3.05) is 26.5 Å². The molecule has 2 rings (SSSR count). The van der Waals surface area contributed by atoms with Crippen molar-refractivity contribution in [3.8, 4) is 5.75 Å². The van der Waals surface area contributed by atoms with Gasteiger partial charge in [-0.15, -0.1) is 11.8 Å². The second-order valence-corrected chi connectivity index (χ2v) is 7.45. The zero-order valence-electron chi connectivity index (χ0n) is 17.2. The van der Waals surface area contributed by atoms with E-state index in [0.29, 0.717) is 4.90 Å². The molecule has 32 heavy (non-hydrogen) atoms. The first-order chi connectivity index (χ1) is 15.2. The molecule has 0 radical (unpaired) electrons. The van der Waals surface area contributed by atoms with Crippen LogP contribution in [0.1, 0.15) is 20.7 Å². The number of amides is 3. The van der Waals surface area contributed by atoms with Gasteiger partial charge in [0.2, 0.25) is 5.91 Å². The summed E-state index contributed by atoms with van der Waals surface area (Å²) in [5.41, 5.74) is 0.205. The molecule has 0 aliphatic heterocycles. The summed E-state index contributed by atoms with van der Waals surface area (Å²) in [6.45, 7) is -3.71. The van der Waals surface area contributed by atoms with Crippen LogP contribution in [0.3, 0.4) is 0 Å². The molecule has 2 aromatic carbocycles. The molecule has 0 aliphatic carbocycles. The van der Waals surface area contributed by atoms with E-state index < -0.39 is 31.0 Å². The van der Waals surface area contributed by atoms with E-state index in [1.165, 1.54) is 23.1 Å². The Labute approximate surface area is 186 Å². The van der Waals surface area contributed by atoms with E-state index in [0.717, 1.165) is 23.9 Å². The molecule has 0 spiro atoms. The molecular weight excluding hydrogens is 446 g/mol. The van der Waals surface area contributed by atoms with Gasteiger partial charge in [-0.25, -0.2) is 4.79 Å². The van der Waals surface area contributed by atoms with Crippen LogP contribution in [0.25, 0.3) is 0 Å². The van der Waals surface area contributed by atoms with Gasteiger partial charge in [0.1, 0.15) is 5.75 Å². The molecule has 8 nitrogen and oxygen atoms in total. The van der Waals surface area contributed by atoms with E-state index >= 15 is 0 Å². The summed E-state index contributed by atoms with van der Waals surface area (Å²) in [4.78, 5) is 50.1. The van der Waals surface area contributed by atoms with Crippen molar-refractivity contribution in [1.29, 1.82) is 0 Å². The fourth-order valence-corrected chi connectivity index (χ4v) is 3.28. The molecule has 170 valence electrons. The van der Waals surface area contributed by atoms with Crippen molar-refractivity contribution in [3.63, 3.8) is 0 Å². The van der Waals surface area contributed by atoms with Crippen molar-refractivity contribution < 1.29 is 37.4 Å². The van der Waals surface area contributed by atoms with Gasteiger partial charge in [-0.2, -0.15) is 8.78 Å². The number of hydrogen-bond acceptors (Lipinski definition) is 7. The summed E-state index contributed by atoms with van der Waals surface area (Å²) >= 11 is 1.15. The number of halogens is 2. The molecule has 0 fully saturated rings. The lowest BCUT2D eigenvalue weighted by atomic mass is 10.2. The summed E-state index contributed by atoms with van der Waals surface area (Å²) in [5, 5.41) is 2.03. The number of rotatable bonds is 9. The number of hydrogen-bond donors (Lipinski definition) is 1. The van der Waals surface area contributed by atoms with Gasteiger partial charge in [0.05, 0.1) is 11.3 Å². The summed E-state index contributed by atoms with van der Waals surface area (Å²) in [5.74, 6) is -2.61. The number of nitrogens with zero attached hydrogens (tertiary/aromatic N) is 1. The van der Waals surface area contributed by atoms with Crippen molar-refractivity contribution in [2.24, 2.45) is 0 Å². The van der Waals surface area contributed by atoms with Crippen LogP contribution in [-0.2, 0) is 14.3 Å². The summed E-state index contributed by atoms with van der Waals surface area (Å²) < 4.78 is 33.5. The van der Waals surface area contributed by atoms with Gasteiger partial charge in [0.25, 0.3) is 11.8 Å². The Bertz CT molecular complexity index is 983. The number of esters is 1. The van der Waals surface area contributed by atoms with Crippen LogP contribution in [0, 0.1) is 0 Å². The van der Waals surface area contributed by atoms with Gasteiger partial charge >= 0.3 is 12.6 Å². The van der Waals surface area contributed by atoms with Crippen LogP contribution in [0.2, 0.25) is 0 Å². The molecule has 0 bridgehead atoms. The number of alkyl halides is 2. The Morgan fingerprint density at radius 1 is 1.03 bits per heavy atom. The minimum Gasteiger partial charge on any atom is -0.452 e. The van der Waals surface area contributed by atoms with Crippen LogP contribution in [0.4, 0.5) is 8.78 Å². The SMILES string of the molecule is CN(C)C(=O)CSc1ccccc1C(=O)OCC(=O)NC(=O)c1ccc(OC(F)F)cc1. The molecule has 0 aromatic heterocycles. The standard InChI is InChI=1S/C21H20F2N2O6S/c1-25(2)18(27)12-32-16-6-4-3-5-15(16)20(29)30-11-17(26)24-19(28)13-7-9-14(10-8-13)31-21(22)23/h3-10,21H,11-12H2,1-2H3,(H,24,26,28). The maximum atomic E-state index is 12.4. The highest BCUT2D eigenvalue weighted by Crippen LogP contribution is 2.23. The molecule has 0 heterocycles. The van der Waals surface area contributed by atoms with Crippen molar-refractivity contribution in [3.05, 3.63) is 59.7 Å². The number of carbonyl (C=O) groups excluding carboxylic acids is 4. The van der Waals surface area contributed by atoms with Gasteiger partial charge in [-0.05, 0) is 36.4 Å². The topological polar surface area (TPSA) is 102 Å². The molecule has 0 unspecified atom stereocenters. The van der Waals surface area contributed by atoms with E-state index in [1.807, 2.05) is 5.32 Å². The van der Waals surface area contributed by atoms with Gasteiger partial charge in [0.15, 0.2) is 6.61 Å². The average molecular weight is 466 g/mol. The van der Waals surface area contributed by atoms with Crippen LogP contribution in [0.15, 0.2) is 53.4 Å². The van der Waals surface area contributed by atoms with E-state index in [-0.39, 0.29) is 28.5 Å². The highest BCUT2D eigenvalue weighted by molar-refractivity contribution is 8.00. The number of imide groups is 1. The van der Waals surface area contributed by atoms with E-state index in [4.69, 9.17) is 4.74 Å². The lowest BCUT2D eigenvalue weighted by Crippen LogP contribution is -2.34. The van der Waals surface area contributed by atoms with Crippen molar-refractivity contribution in [1.82, 2.24) is 10.2 Å². The fourth-order valence-electron chi connectivity index (χ4n) is 2.26. The average Bonchev–Trinajstić information content (AvgIpc) is 2.75. The van der Waals surface area contributed by atoms with E-state index in [2.05, 4.69) is 4.74 Å². The highest BCUT2D eigenvalue weighted by atomic mass is 32.2. The Morgan fingerprint density at radius 2 is 1.69 bits per heavy atom. The summed E-state index contributed by atoms with van der Waals surface area (Å²) in [7, 11) is 3.24. The molecule has 11 heteroatoms. The zero-order valence-corrected chi connectivity index (χ0v) is 18.0. The first kappa shape index (κ1) is 24.8. The predicted molar refractivity (Wildman–Crippen MR) is 112 cm³/mol. The van der Waals surface area contributed by atoms with Crippen LogP contribution in [-0.4, -0.2) is 61.7 Å².